The molecular formula is C14H26N2O2. The van der Waals surface area contributed by atoms with Gasteiger partial charge in [-0.3, -0.25) is 4.79 Å². The molecule has 104 valence electrons. The highest BCUT2D eigenvalue weighted by atomic mass is 16.5. The number of hydrogen-bond acceptors (Lipinski definition) is 3. The van der Waals surface area contributed by atoms with Crippen molar-refractivity contribution in [3.63, 3.8) is 0 Å². The molecule has 4 nitrogen and oxygen atoms in total. The predicted molar refractivity (Wildman–Crippen MR) is 71.4 cm³/mol. The maximum atomic E-state index is 12.2. The molecule has 0 bridgehead atoms. The Morgan fingerprint density at radius 2 is 2.17 bits per heavy atom. The second kappa shape index (κ2) is 5.57. The molecule has 0 radical (unpaired) electrons. The van der Waals surface area contributed by atoms with E-state index in [-0.39, 0.29) is 23.5 Å². The molecule has 3 unspecified atom stereocenters. The monoisotopic (exact) mass is 254 g/mol. The molecule has 0 aromatic heterocycles. The molecule has 1 heterocycles. The van der Waals surface area contributed by atoms with Crippen molar-refractivity contribution >= 4 is 5.91 Å². The highest BCUT2D eigenvalue weighted by Gasteiger charge is 2.36. The number of rotatable bonds is 3. The molecule has 2 N–H and O–H groups in total. The van der Waals surface area contributed by atoms with E-state index in [2.05, 4.69) is 24.5 Å². The number of ether oxygens (including phenoxy) is 1. The van der Waals surface area contributed by atoms with Gasteiger partial charge in [0.2, 0.25) is 5.91 Å². The van der Waals surface area contributed by atoms with E-state index in [1.807, 2.05) is 0 Å². The van der Waals surface area contributed by atoms with Crippen LogP contribution in [0.2, 0.25) is 0 Å². The molecule has 4 heteroatoms. The fraction of sp³-hybridized carbons (Fsp3) is 0.929. The topological polar surface area (TPSA) is 50.4 Å². The third-order valence-electron chi connectivity index (χ3n) is 4.56. The Hall–Kier alpha value is -0.610. The van der Waals surface area contributed by atoms with Gasteiger partial charge in [-0.25, -0.2) is 0 Å². The van der Waals surface area contributed by atoms with Crippen LogP contribution in [0, 0.1) is 5.41 Å². The molecule has 1 aliphatic heterocycles. The molecular weight excluding hydrogens is 228 g/mol. The molecule has 3 atom stereocenters. The first kappa shape index (κ1) is 13.8. The van der Waals surface area contributed by atoms with Gasteiger partial charge in [-0.05, 0) is 24.7 Å². The summed E-state index contributed by atoms with van der Waals surface area (Å²) in [7, 11) is 1.71. The summed E-state index contributed by atoms with van der Waals surface area (Å²) in [5.41, 5.74) is 0.229. The fourth-order valence-corrected chi connectivity index (χ4v) is 3.12. The lowest BCUT2D eigenvalue weighted by Crippen LogP contribution is -2.51. The Balaban J connectivity index is 1.87. The highest BCUT2D eigenvalue weighted by Crippen LogP contribution is 2.35. The average Bonchev–Trinajstić information content (AvgIpc) is 2.80. The maximum absolute atomic E-state index is 12.2. The largest absolute Gasteiger partial charge is 0.380 e. The van der Waals surface area contributed by atoms with Crippen molar-refractivity contribution in [2.75, 3.05) is 13.7 Å². The SMILES string of the molecule is COC1CNC(C(=O)NC2CCCCC2(C)C)C1. The number of carbonyl (C=O) groups is 1. The Bertz CT molecular complexity index is 304. The van der Waals surface area contributed by atoms with Crippen molar-refractivity contribution in [2.45, 2.75) is 64.1 Å². The van der Waals surface area contributed by atoms with Crippen molar-refractivity contribution in [3.05, 3.63) is 0 Å². The van der Waals surface area contributed by atoms with E-state index >= 15 is 0 Å². The molecule has 1 saturated carbocycles. The maximum Gasteiger partial charge on any atom is 0.237 e. The number of amides is 1. The van der Waals surface area contributed by atoms with Crippen molar-refractivity contribution in [2.24, 2.45) is 5.41 Å². The van der Waals surface area contributed by atoms with E-state index in [0.29, 0.717) is 6.04 Å². The predicted octanol–water partition coefficient (Wildman–Crippen LogP) is 1.45. The normalized spacial score (nSPS) is 35.4. The Kier molecular flexibility index (Phi) is 4.28. The third kappa shape index (κ3) is 3.04. The summed E-state index contributed by atoms with van der Waals surface area (Å²) in [5, 5.41) is 6.48. The van der Waals surface area contributed by atoms with Crippen LogP contribution in [-0.4, -0.2) is 37.7 Å². The summed E-state index contributed by atoms with van der Waals surface area (Å²) >= 11 is 0. The summed E-state index contributed by atoms with van der Waals surface area (Å²) in [6.45, 7) is 5.30. The van der Waals surface area contributed by atoms with Crippen LogP contribution in [0.5, 0.6) is 0 Å². The Morgan fingerprint density at radius 3 is 2.78 bits per heavy atom. The van der Waals surface area contributed by atoms with Gasteiger partial charge >= 0.3 is 0 Å². The Morgan fingerprint density at radius 1 is 1.39 bits per heavy atom. The lowest BCUT2D eigenvalue weighted by Gasteiger charge is -2.39. The van der Waals surface area contributed by atoms with E-state index in [0.717, 1.165) is 19.4 Å². The Labute approximate surface area is 110 Å². The minimum absolute atomic E-state index is 0.0762. The first-order valence-corrected chi connectivity index (χ1v) is 7.09. The van der Waals surface area contributed by atoms with E-state index in [9.17, 15) is 4.79 Å². The van der Waals surface area contributed by atoms with Gasteiger partial charge < -0.3 is 15.4 Å². The standard InChI is InChI=1S/C14H26N2O2/c1-14(2)7-5-4-6-12(14)16-13(17)11-8-10(18-3)9-15-11/h10-12,15H,4-9H2,1-3H3,(H,16,17). The molecule has 2 aliphatic rings. The second-order valence-corrected chi connectivity index (χ2v) is 6.35. The average molecular weight is 254 g/mol. The zero-order valence-electron chi connectivity index (χ0n) is 11.8. The lowest BCUT2D eigenvalue weighted by atomic mass is 9.73. The summed E-state index contributed by atoms with van der Waals surface area (Å²) in [4.78, 5) is 12.2. The van der Waals surface area contributed by atoms with Crippen molar-refractivity contribution in [1.29, 1.82) is 0 Å². The number of carbonyl (C=O) groups excluding carboxylic acids is 1. The second-order valence-electron chi connectivity index (χ2n) is 6.35. The van der Waals surface area contributed by atoms with Gasteiger partial charge in [-0.15, -0.1) is 0 Å². The molecule has 1 amide bonds. The van der Waals surface area contributed by atoms with Crippen LogP contribution < -0.4 is 10.6 Å². The lowest BCUT2D eigenvalue weighted by molar-refractivity contribution is -0.124. The zero-order valence-corrected chi connectivity index (χ0v) is 11.8. The third-order valence-corrected chi connectivity index (χ3v) is 4.56. The van der Waals surface area contributed by atoms with Crippen LogP contribution in [0.4, 0.5) is 0 Å². The first-order chi connectivity index (χ1) is 8.53. The van der Waals surface area contributed by atoms with Crippen molar-refractivity contribution < 1.29 is 9.53 Å². The van der Waals surface area contributed by atoms with E-state index in [1.54, 1.807) is 7.11 Å². The molecule has 1 aliphatic carbocycles. The van der Waals surface area contributed by atoms with E-state index in [1.165, 1.54) is 19.3 Å². The molecule has 0 aromatic rings. The minimum Gasteiger partial charge on any atom is -0.380 e. The number of methoxy groups -OCH3 is 1. The summed E-state index contributed by atoms with van der Waals surface area (Å²) in [6, 6.07) is 0.245. The van der Waals surface area contributed by atoms with E-state index in [4.69, 9.17) is 4.74 Å². The van der Waals surface area contributed by atoms with Gasteiger partial charge in [-0.1, -0.05) is 26.7 Å². The molecule has 18 heavy (non-hydrogen) atoms. The van der Waals surface area contributed by atoms with Gasteiger partial charge in [0.15, 0.2) is 0 Å². The van der Waals surface area contributed by atoms with E-state index < -0.39 is 0 Å². The van der Waals surface area contributed by atoms with Crippen LogP contribution in [0.25, 0.3) is 0 Å². The van der Waals surface area contributed by atoms with Gasteiger partial charge in [0.05, 0.1) is 12.1 Å². The van der Waals surface area contributed by atoms with Crippen LogP contribution >= 0.6 is 0 Å². The fourth-order valence-electron chi connectivity index (χ4n) is 3.12. The van der Waals surface area contributed by atoms with Crippen LogP contribution in [-0.2, 0) is 9.53 Å². The smallest absolute Gasteiger partial charge is 0.237 e. The number of nitrogens with one attached hydrogen (secondary N) is 2. The van der Waals surface area contributed by atoms with Gasteiger partial charge in [0.25, 0.3) is 0 Å². The quantitative estimate of drug-likeness (QED) is 0.801. The molecule has 0 spiro atoms. The molecule has 0 aromatic carbocycles. The zero-order chi connectivity index (χ0) is 13.2. The minimum atomic E-state index is -0.0762. The molecule has 1 saturated heterocycles. The van der Waals surface area contributed by atoms with Gasteiger partial charge in [0.1, 0.15) is 0 Å². The van der Waals surface area contributed by atoms with Crippen LogP contribution in [0.1, 0.15) is 46.0 Å². The molecule has 2 fully saturated rings. The highest BCUT2D eigenvalue weighted by molar-refractivity contribution is 5.82. The van der Waals surface area contributed by atoms with Crippen molar-refractivity contribution in [3.8, 4) is 0 Å². The summed E-state index contributed by atoms with van der Waals surface area (Å²) in [5.74, 6) is 0.148. The first-order valence-electron chi connectivity index (χ1n) is 7.09. The summed E-state index contributed by atoms with van der Waals surface area (Å²) in [6.07, 6.45) is 5.80. The van der Waals surface area contributed by atoms with Crippen LogP contribution in [0.15, 0.2) is 0 Å². The number of hydrogen-bond donors (Lipinski definition) is 2. The summed E-state index contributed by atoms with van der Waals surface area (Å²) < 4.78 is 5.28. The van der Waals surface area contributed by atoms with Crippen LogP contribution in [0.3, 0.4) is 0 Å². The van der Waals surface area contributed by atoms with Gasteiger partial charge in [-0.2, -0.15) is 0 Å². The molecule has 2 rings (SSSR count). The van der Waals surface area contributed by atoms with Crippen molar-refractivity contribution in [1.82, 2.24) is 10.6 Å². The van der Waals surface area contributed by atoms with Gasteiger partial charge in [0, 0.05) is 19.7 Å².